The monoisotopic (exact) mass is 606 g/mol. The quantitative estimate of drug-likeness (QED) is 0.279. The number of thioether (sulfide) groups is 1. The number of H-pyrrole nitrogens is 1. The molecule has 3 N–H and O–H groups in total. The Morgan fingerprint density at radius 3 is 2.53 bits per heavy atom. The fourth-order valence-corrected chi connectivity index (χ4v) is 6.50. The summed E-state index contributed by atoms with van der Waals surface area (Å²) in [5.74, 6) is 0.835. The predicted octanol–water partition coefficient (Wildman–Crippen LogP) is 4.82. The molecule has 0 radical (unpaired) electrons. The SMILES string of the molecule is CCCCN(C)c1ncc(-c2cc(C(=O)NCc3c(SC)cc(C)[nH]c3=O)c(C)c3c2OC(C)(C2CCNCC2)O3)cn1. The zero-order valence-corrected chi connectivity index (χ0v) is 26.7. The molecule has 0 aliphatic carbocycles. The largest absolute Gasteiger partial charge is 0.448 e. The number of nitrogens with one attached hydrogen (secondary N) is 3. The number of hydrogen-bond donors (Lipinski definition) is 3. The van der Waals surface area contributed by atoms with Gasteiger partial charge in [-0.1, -0.05) is 13.3 Å². The summed E-state index contributed by atoms with van der Waals surface area (Å²) in [4.78, 5) is 41.4. The number of aryl methyl sites for hydroxylation is 1. The van der Waals surface area contributed by atoms with Crippen LogP contribution in [0.3, 0.4) is 0 Å². The van der Waals surface area contributed by atoms with Crippen LogP contribution in [0.15, 0.2) is 34.2 Å². The molecule has 1 amide bonds. The van der Waals surface area contributed by atoms with Gasteiger partial charge >= 0.3 is 0 Å². The molecule has 1 atom stereocenters. The summed E-state index contributed by atoms with van der Waals surface area (Å²) in [6, 6.07) is 3.75. The Hall–Kier alpha value is -3.57. The van der Waals surface area contributed by atoms with E-state index in [0.29, 0.717) is 39.7 Å². The van der Waals surface area contributed by atoms with Gasteiger partial charge in [0.2, 0.25) is 5.95 Å². The minimum absolute atomic E-state index is 0.0997. The molecule has 3 aromatic rings. The standard InChI is InChI=1S/C32H42N6O4S/c1-7-8-13-38(5)31-35-16-21(17-36-31)24-15-23(29(39)34-18-25-26(43-6)14-19(2)37-30(25)40)20(3)27-28(24)42-32(4,41-27)22-9-11-33-12-10-22/h14-17,22,33H,7-13,18H2,1-6H3,(H,34,39)(H,37,40). The first-order chi connectivity index (χ1) is 20.6. The zero-order chi connectivity index (χ0) is 30.7. The van der Waals surface area contributed by atoms with Crippen LogP contribution in [0.1, 0.15) is 66.7 Å². The van der Waals surface area contributed by atoms with Crippen molar-refractivity contribution in [1.29, 1.82) is 0 Å². The third-order valence-electron chi connectivity index (χ3n) is 8.43. The molecule has 10 nitrogen and oxygen atoms in total. The van der Waals surface area contributed by atoms with Gasteiger partial charge in [-0.25, -0.2) is 9.97 Å². The van der Waals surface area contributed by atoms with Crippen molar-refractivity contribution in [2.45, 2.75) is 70.6 Å². The Bertz CT molecular complexity index is 1540. The number of ether oxygens (including phenoxy) is 2. The number of fused-ring (bicyclic) bond motifs is 1. The van der Waals surface area contributed by atoms with Gasteiger partial charge in [-0.05, 0) is 64.6 Å². The third-order valence-corrected chi connectivity index (χ3v) is 9.24. The predicted molar refractivity (Wildman–Crippen MR) is 170 cm³/mol. The number of anilines is 1. The van der Waals surface area contributed by atoms with Gasteiger partial charge in [-0.15, -0.1) is 11.8 Å². The van der Waals surface area contributed by atoms with Crippen molar-refractivity contribution < 1.29 is 14.3 Å². The number of carbonyl (C=O) groups excluding carboxylic acids is 1. The number of pyridine rings is 1. The van der Waals surface area contributed by atoms with E-state index < -0.39 is 5.79 Å². The average Bonchev–Trinajstić information content (AvgIpc) is 3.39. The van der Waals surface area contributed by atoms with Crippen LogP contribution in [0.5, 0.6) is 11.5 Å². The van der Waals surface area contributed by atoms with Gasteiger partial charge < -0.3 is 30.0 Å². The summed E-state index contributed by atoms with van der Waals surface area (Å²) < 4.78 is 13.3. The molecule has 1 saturated heterocycles. The lowest BCUT2D eigenvalue weighted by atomic mass is 9.90. The van der Waals surface area contributed by atoms with Gasteiger partial charge in [-0.3, -0.25) is 9.59 Å². The Kier molecular flexibility index (Phi) is 9.31. The number of aromatic amines is 1. The number of aromatic nitrogens is 3. The fraction of sp³-hybridized carbons (Fsp3) is 0.500. The van der Waals surface area contributed by atoms with Gasteiger partial charge in [-0.2, -0.15) is 0 Å². The molecule has 1 aromatic carbocycles. The highest BCUT2D eigenvalue weighted by atomic mass is 32.2. The first kappa shape index (κ1) is 30.9. The van der Waals surface area contributed by atoms with E-state index in [2.05, 4.69) is 32.5 Å². The molecule has 0 spiro atoms. The summed E-state index contributed by atoms with van der Waals surface area (Å²) in [7, 11) is 1.99. The van der Waals surface area contributed by atoms with Crippen molar-refractivity contribution in [2.24, 2.45) is 5.92 Å². The highest BCUT2D eigenvalue weighted by Gasteiger charge is 2.46. The van der Waals surface area contributed by atoms with Crippen LogP contribution in [0.4, 0.5) is 5.95 Å². The van der Waals surface area contributed by atoms with Gasteiger partial charge in [0.15, 0.2) is 11.5 Å². The molecule has 0 saturated carbocycles. The molecule has 1 fully saturated rings. The van der Waals surface area contributed by atoms with E-state index in [1.807, 2.05) is 51.1 Å². The molecule has 4 heterocycles. The number of nitrogens with zero attached hydrogens (tertiary/aromatic N) is 3. The van der Waals surface area contributed by atoms with Crippen molar-refractivity contribution in [2.75, 3.05) is 37.8 Å². The molecule has 230 valence electrons. The molecule has 5 rings (SSSR count). The van der Waals surface area contributed by atoms with Crippen LogP contribution in [0, 0.1) is 19.8 Å². The maximum atomic E-state index is 13.7. The van der Waals surface area contributed by atoms with Crippen molar-refractivity contribution in [1.82, 2.24) is 25.6 Å². The minimum atomic E-state index is -0.858. The third kappa shape index (κ3) is 6.38. The second-order valence-electron chi connectivity index (χ2n) is 11.6. The normalized spacial score (nSPS) is 18.1. The maximum absolute atomic E-state index is 13.7. The number of hydrogen-bond acceptors (Lipinski definition) is 9. The Balaban J connectivity index is 1.51. The van der Waals surface area contributed by atoms with Crippen molar-refractivity contribution in [3.63, 3.8) is 0 Å². The topological polar surface area (TPSA) is 121 Å². The molecule has 11 heteroatoms. The van der Waals surface area contributed by atoms with Gasteiger partial charge in [0, 0.05) is 83.8 Å². The first-order valence-electron chi connectivity index (χ1n) is 15.0. The van der Waals surface area contributed by atoms with E-state index in [0.717, 1.165) is 61.5 Å². The molecule has 43 heavy (non-hydrogen) atoms. The Morgan fingerprint density at radius 2 is 1.86 bits per heavy atom. The highest BCUT2D eigenvalue weighted by molar-refractivity contribution is 7.98. The van der Waals surface area contributed by atoms with Crippen LogP contribution >= 0.6 is 11.8 Å². The van der Waals surface area contributed by atoms with Crippen LogP contribution in [0.2, 0.25) is 0 Å². The molecule has 2 aliphatic heterocycles. The van der Waals surface area contributed by atoms with Crippen LogP contribution in [-0.4, -0.2) is 59.6 Å². The average molecular weight is 607 g/mol. The van der Waals surface area contributed by atoms with Crippen LogP contribution in [-0.2, 0) is 6.54 Å². The summed E-state index contributed by atoms with van der Waals surface area (Å²) in [5, 5.41) is 6.38. The zero-order valence-electron chi connectivity index (χ0n) is 25.9. The van der Waals surface area contributed by atoms with Gasteiger partial charge in [0.1, 0.15) is 0 Å². The fourth-order valence-electron chi connectivity index (χ4n) is 5.80. The van der Waals surface area contributed by atoms with Crippen LogP contribution in [0.25, 0.3) is 11.1 Å². The summed E-state index contributed by atoms with van der Waals surface area (Å²) in [6.07, 6.45) is 9.47. The Labute approximate surface area is 257 Å². The minimum Gasteiger partial charge on any atom is -0.448 e. The highest BCUT2D eigenvalue weighted by Crippen LogP contribution is 2.52. The smallest absolute Gasteiger partial charge is 0.254 e. The van der Waals surface area contributed by atoms with E-state index >= 15 is 0 Å². The Morgan fingerprint density at radius 1 is 1.16 bits per heavy atom. The number of rotatable bonds is 10. The van der Waals surface area contributed by atoms with Gasteiger partial charge in [0.05, 0.1) is 0 Å². The van der Waals surface area contributed by atoms with Crippen molar-refractivity contribution in [3.05, 3.63) is 57.3 Å². The summed E-state index contributed by atoms with van der Waals surface area (Å²) in [5.41, 5.74) is 3.67. The van der Waals surface area contributed by atoms with E-state index in [4.69, 9.17) is 9.47 Å². The summed E-state index contributed by atoms with van der Waals surface area (Å²) >= 11 is 1.48. The lowest BCUT2D eigenvalue weighted by molar-refractivity contribution is -0.117. The summed E-state index contributed by atoms with van der Waals surface area (Å²) in [6.45, 7) is 10.6. The van der Waals surface area contributed by atoms with E-state index in [1.165, 1.54) is 11.8 Å². The molecular formula is C32H42N6O4S. The lowest BCUT2D eigenvalue weighted by Gasteiger charge is -2.35. The number of piperidine rings is 1. The number of amides is 1. The molecule has 1 unspecified atom stereocenters. The molecular weight excluding hydrogens is 564 g/mol. The second-order valence-corrected chi connectivity index (χ2v) is 12.4. The van der Waals surface area contributed by atoms with E-state index in [-0.39, 0.29) is 23.9 Å². The van der Waals surface area contributed by atoms with E-state index in [9.17, 15) is 9.59 Å². The van der Waals surface area contributed by atoms with Crippen LogP contribution < -0.4 is 30.6 Å². The van der Waals surface area contributed by atoms with Crippen molar-refractivity contribution in [3.8, 4) is 22.6 Å². The van der Waals surface area contributed by atoms with E-state index in [1.54, 1.807) is 12.4 Å². The number of unbranched alkanes of at least 4 members (excludes halogenated alkanes) is 1. The number of benzene rings is 1. The molecule has 2 aromatic heterocycles. The number of carbonyl (C=O) groups is 1. The molecule has 2 aliphatic rings. The van der Waals surface area contributed by atoms with Gasteiger partial charge in [0.25, 0.3) is 17.3 Å². The lowest BCUT2D eigenvalue weighted by Crippen LogP contribution is -2.47. The molecule has 0 bridgehead atoms. The second kappa shape index (κ2) is 13.0. The van der Waals surface area contributed by atoms with Crippen molar-refractivity contribution >= 4 is 23.6 Å². The maximum Gasteiger partial charge on any atom is 0.254 e. The first-order valence-corrected chi connectivity index (χ1v) is 16.2.